The normalized spacial score (nSPS) is 11.6. The van der Waals surface area contributed by atoms with Crippen LogP contribution >= 0.6 is 0 Å². The Labute approximate surface area is 80.0 Å². The van der Waals surface area contributed by atoms with Gasteiger partial charge in [0.1, 0.15) is 0 Å². The molecule has 0 bridgehead atoms. The van der Waals surface area contributed by atoms with Gasteiger partial charge in [-0.1, -0.05) is 30.3 Å². The number of aliphatic hydroxyl groups excluding tert-OH is 1. The van der Waals surface area contributed by atoms with Crippen molar-refractivity contribution in [1.82, 2.24) is 0 Å². The van der Waals surface area contributed by atoms with Crippen molar-refractivity contribution in [2.75, 3.05) is 27.4 Å². The molecule has 0 spiro atoms. The minimum Gasteiger partial charge on any atom is -0.347 e. The number of hydrogen-bond acceptors (Lipinski definition) is 1. The van der Waals surface area contributed by atoms with Crippen molar-refractivity contribution in [3.63, 3.8) is 0 Å². The highest BCUT2D eigenvalue weighted by Gasteiger charge is 2.11. The van der Waals surface area contributed by atoms with E-state index in [0.29, 0.717) is 4.48 Å². The van der Waals surface area contributed by atoms with Gasteiger partial charge in [0.25, 0.3) is 0 Å². The highest BCUT2D eigenvalue weighted by atomic mass is 16.3. The number of aliphatic hydroxyl groups is 1. The van der Waals surface area contributed by atoms with Gasteiger partial charge < -0.3 is 9.59 Å². The monoisotopic (exact) mass is 180 g/mol. The largest absolute Gasteiger partial charge is 0.347 e. The van der Waals surface area contributed by atoms with Gasteiger partial charge in [-0.25, -0.2) is 0 Å². The molecule has 72 valence electrons. The summed E-state index contributed by atoms with van der Waals surface area (Å²) in [4.78, 5) is 0. The lowest BCUT2D eigenvalue weighted by Crippen LogP contribution is -2.41. The topological polar surface area (TPSA) is 20.2 Å². The number of quaternary nitrogens is 1. The summed E-state index contributed by atoms with van der Waals surface area (Å²) in [7, 11) is 4.06. The molecule has 1 rings (SSSR count). The lowest BCUT2D eigenvalue weighted by atomic mass is 10.1. The van der Waals surface area contributed by atoms with Crippen molar-refractivity contribution in [3.05, 3.63) is 35.9 Å². The van der Waals surface area contributed by atoms with Crippen LogP contribution in [0.1, 0.15) is 5.56 Å². The van der Waals surface area contributed by atoms with Gasteiger partial charge in [0.2, 0.25) is 0 Å². The van der Waals surface area contributed by atoms with Crippen molar-refractivity contribution in [3.8, 4) is 0 Å². The lowest BCUT2D eigenvalue weighted by molar-refractivity contribution is -0.908. The van der Waals surface area contributed by atoms with E-state index in [1.165, 1.54) is 5.56 Å². The van der Waals surface area contributed by atoms with E-state index in [-0.39, 0.29) is 6.73 Å². The van der Waals surface area contributed by atoms with Crippen molar-refractivity contribution in [2.45, 2.75) is 6.42 Å². The van der Waals surface area contributed by atoms with Crippen LogP contribution in [-0.4, -0.2) is 37.0 Å². The fourth-order valence-electron chi connectivity index (χ4n) is 1.15. The second-order valence-electron chi connectivity index (χ2n) is 4.04. The van der Waals surface area contributed by atoms with Gasteiger partial charge in [-0.05, 0) is 5.56 Å². The van der Waals surface area contributed by atoms with E-state index in [4.69, 9.17) is 5.11 Å². The van der Waals surface area contributed by atoms with E-state index < -0.39 is 0 Å². The maximum Gasteiger partial charge on any atom is 0.179 e. The van der Waals surface area contributed by atoms with Gasteiger partial charge in [-0.2, -0.15) is 0 Å². The molecule has 0 aromatic heterocycles. The SMILES string of the molecule is C[N+](C)(CO)CCc1ccccc1. The third kappa shape index (κ3) is 3.57. The Bertz CT molecular complexity index is 244. The molecule has 2 nitrogen and oxygen atoms in total. The molecule has 0 heterocycles. The number of likely N-dealkylation sites (N-methyl/N-ethyl adjacent to an activating group) is 1. The zero-order valence-electron chi connectivity index (χ0n) is 8.40. The smallest absolute Gasteiger partial charge is 0.179 e. The van der Waals surface area contributed by atoms with Crippen LogP contribution in [0.3, 0.4) is 0 Å². The predicted molar refractivity (Wildman–Crippen MR) is 54.2 cm³/mol. The molecular weight excluding hydrogens is 162 g/mol. The van der Waals surface area contributed by atoms with E-state index in [1.54, 1.807) is 0 Å². The van der Waals surface area contributed by atoms with Crippen LogP contribution in [0.5, 0.6) is 0 Å². The van der Waals surface area contributed by atoms with Gasteiger partial charge in [0.15, 0.2) is 6.73 Å². The molecule has 0 aliphatic heterocycles. The molecule has 0 aliphatic rings. The van der Waals surface area contributed by atoms with Crippen molar-refractivity contribution in [1.29, 1.82) is 0 Å². The first-order valence-corrected chi connectivity index (χ1v) is 4.61. The summed E-state index contributed by atoms with van der Waals surface area (Å²) in [5.74, 6) is 0. The Morgan fingerprint density at radius 3 is 2.31 bits per heavy atom. The molecule has 1 aromatic rings. The van der Waals surface area contributed by atoms with Crippen LogP contribution in [0, 0.1) is 0 Å². The summed E-state index contributed by atoms with van der Waals surface area (Å²) in [6, 6.07) is 10.4. The molecule has 0 fully saturated rings. The molecule has 0 atom stereocenters. The van der Waals surface area contributed by atoms with Crippen LogP contribution < -0.4 is 0 Å². The maximum atomic E-state index is 9.04. The summed E-state index contributed by atoms with van der Waals surface area (Å²) in [6.07, 6.45) is 1.02. The van der Waals surface area contributed by atoms with Crippen LogP contribution in [0.25, 0.3) is 0 Å². The van der Waals surface area contributed by atoms with Crippen LogP contribution in [0.4, 0.5) is 0 Å². The Hall–Kier alpha value is -0.860. The number of hydrogen-bond donors (Lipinski definition) is 1. The van der Waals surface area contributed by atoms with Gasteiger partial charge in [0, 0.05) is 6.42 Å². The third-order valence-electron chi connectivity index (χ3n) is 2.23. The minimum atomic E-state index is 0.201. The quantitative estimate of drug-likeness (QED) is 0.546. The van der Waals surface area contributed by atoms with Crippen molar-refractivity contribution < 1.29 is 9.59 Å². The summed E-state index contributed by atoms with van der Waals surface area (Å²) >= 11 is 0. The molecule has 13 heavy (non-hydrogen) atoms. The van der Waals surface area contributed by atoms with E-state index >= 15 is 0 Å². The summed E-state index contributed by atoms with van der Waals surface area (Å²) in [5, 5.41) is 9.04. The second kappa shape index (κ2) is 4.40. The molecule has 0 amide bonds. The second-order valence-corrected chi connectivity index (χ2v) is 4.04. The van der Waals surface area contributed by atoms with Gasteiger partial charge in [-0.3, -0.25) is 0 Å². The molecule has 1 aromatic carbocycles. The zero-order chi connectivity index (χ0) is 9.73. The Kier molecular flexibility index (Phi) is 3.46. The molecule has 0 radical (unpaired) electrons. The van der Waals surface area contributed by atoms with Crippen molar-refractivity contribution in [2.24, 2.45) is 0 Å². The average molecular weight is 180 g/mol. The van der Waals surface area contributed by atoms with Gasteiger partial charge in [0.05, 0.1) is 20.6 Å². The minimum absolute atomic E-state index is 0.201. The van der Waals surface area contributed by atoms with E-state index in [9.17, 15) is 0 Å². The molecule has 0 aliphatic carbocycles. The summed E-state index contributed by atoms with van der Waals surface area (Å²) in [6.45, 7) is 1.17. The standard InChI is InChI=1S/C11H18NO/c1-12(2,10-13)9-8-11-6-4-3-5-7-11/h3-7,13H,8-10H2,1-2H3/q+1. The Morgan fingerprint density at radius 1 is 1.15 bits per heavy atom. The Morgan fingerprint density at radius 2 is 1.77 bits per heavy atom. The fraction of sp³-hybridized carbons (Fsp3) is 0.455. The van der Waals surface area contributed by atoms with Gasteiger partial charge in [-0.15, -0.1) is 0 Å². The van der Waals surface area contributed by atoms with Crippen LogP contribution in [0.15, 0.2) is 30.3 Å². The first-order chi connectivity index (χ1) is 6.14. The van der Waals surface area contributed by atoms with E-state index in [1.807, 2.05) is 32.3 Å². The first kappa shape index (κ1) is 10.2. The predicted octanol–water partition coefficient (Wildman–Crippen LogP) is 1.26. The number of benzene rings is 1. The average Bonchev–Trinajstić information content (AvgIpc) is 2.17. The van der Waals surface area contributed by atoms with Crippen molar-refractivity contribution >= 4 is 0 Å². The van der Waals surface area contributed by atoms with E-state index in [2.05, 4.69) is 12.1 Å². The molecule has 2 heteroatoms. The van der Waals surface area contributed by atoms with E-state index in [0.717, 1.165) is 13.0 Å². The zero-order valence-corrected chi connectivity index (χ0v) is 8.40. The highest BCUT2D eigenvalue weighted by Crippen LogP contribution is 2.03. The maximum absolute atomic E-state index is 9.04. The summed E-state index contributed by atoms with van der Waals surface area (Å²) < 4.78 is 0.662. The molecular formula is C11H18NO+. The van der Waals surface area contributed by atoms with Gasteiger partial charge >= 0.3 is 0 Å². The number of rotatable bonds is 4. The molecule has 1 N–H and O–H groups in total. The Balaban J connectivity index is 2.44. The third-order valence-corrected chi connectivity index (χ3v) is 2.23. The molecule has 0 saturated carbocycles. The molecule has 0 unspecified atom stereocenters. The molecule has 0 saturated heterocycles. The fourth-order valence-corrected chi connectivity index (χ4v) is 1.15. The highest BCUT2D eigenvalue weighted by molar-refractivity contribution is 5.14. The van der Waals surface area contributed by atoms with Crippen LogP contribution in [0.2, 0.25) is 0 Å². The summed E-state index contributed by atoms with van der Waals surface area (Å²) in [5.41, 5.74) is 1.34. The lowest BCUT2D eigenvalue weighted by Gasteiger charge is -2.26. The first-order valence-electron chi connectivity index (χ1n) is 4.61. The number of nitrogens with zero attached hydrogens (tertiary/aromatic N) is 1. The van der Waals surface area contributed by atoms with Crippen LogP contribution in [-0.2, 0) is 6.42 Å².